The molecule has 0 unspecified atom stereocenters. The first kappa shape index (κ1) is 7.83. The molecule has 0 aromatic carbocycles. The molecule has 11 heavy (non-hydrogen) atoms. The third-order valence-electron chi connectivity index (χ3n) is 1.46. The Bertz CT molecular complexity index is 232. The summed E-state index contributed by atoms with van der Waals surface area (Å²) in [5, 5.41) is 8.37. The van der Waals surface area contributed by atoms with Crippen LogP contribution < -0.4 is 0 Å². The van der Waals surface area contributed by atoms with Crippen molar-refractivity contribution in [2.75, 3.05) is 13.6 Å². The van der Waals surface area contributed by atoms with Crippen LogP contribution in [-0.2, 0) is 6.54 Å². The first-order valence-corrected chi connectivity index (χ1v) is 3.50. The zero-order valence-electron chi connectivity index (χ0n) is 6.54. The van der Waals surface area contributed by atoms with E-state index in [4.69, 9.17) is 5.26 Å². The van der Waals surface area contributed by atoms with Crippen LogP contribution in [0.3, 0.4) is 0 Å². The number of nitrogens with one attached hydrogen (secondary N) is 1. The van der Waals surface area contributed by atoms with Crippen LogP contribution in [-0.4, -0.2) is 23.5 Å². The van der Waals surface area contributed by atoms with Gasteiger partial charge in [0.1, 0.15) is 0 Å². The molecule has 0 aliphatic heterocycles. The van der Waals surface area contributed by atoms with Crippen molar-refractivity contribution < 1.29 is 0 Å². The number of rotatable bonds is 3. The van der Waals surface area contributed by atoms with E-state index in [0.717, 1.165) is 6.54 Å². The van der Waals surface area contributed by atoms with Crippen molar-refractivity contribution >= 4 is 0 Å². The highest BCUT2D eigenvalue weighted by molar-refractivity contribution is 5.07. The van der Waals surface area contributed by atoms with Gasteiger partial charge in [-0.2, -0.15) is 5.26 Å². The van der Waals surface area contributed by atoms with E-state index >= 15 is 0 Å². The Balaban J connectivity index is 2.38. The van der Waals surface area contributed by atoms with Gasteiger partial charge >= 0.3 is 0 Å². The second kappa shape index (κ2) is 3.79. The fourth-order valence-corrected chi connectivity index (χ4v) is 0.945. The average molecular weight is 149 g/mol. The Labute approximate surface area is 66.3 Å². The Kier molecular flexibility index (Phi) is 2.70. The lowest BCUT2D eigenvalue weighted by Gasteiger charge is -2.09. The predicted molar refractivity (Wildman–Crippen MR) is 42.7 cm³/mol. The number of aromatic amines is 1. The first-order chi connectivity index (χ1) is 5.33. The normalized spacial score (nSPS) is 9.91. The van der Waals surface area contributed by atoms with Crippen LogP contribution in [0, 0.1) is 11.3 Å². The number of nitriles is 1. The molecule has 0 aliphatic carbocycles. The maximum atomic E-state index is 8.37. The molecule has 0 spiro atoms. The molecule has 1 rings (SSSR count). The summed E-state index contributed by atoms with van der Waals surface area (Å²) in [6, 6.07) is 4.10. The van der Waals surface area contributed by atoms with Gasteiger partial charge in [-0.1, -0.05) is 0 Å². The van der Waals surface area contributed by atoms with Crippen molar-refractivity contribution in [3.63, 3.8) is 0 Å². The third-order valence-corrected chi connectivity index (χ3v) is 1.46. The highest BCUT2D eigenvalue weighted by Gasteiger charge is 1.97. The van der Waals surface area contributed by atoms with Crippen LogP contribution in [0.1, 0.15) is 5.56 Å². The highest BCUT2D eigenvalue weighted by Crippen LogP contribution is 1.99. The van der Waals surface area contributed by atoms with Gasteiger partial charge < -0.3 is 4.98 Å². The number of hydrogen-bond donors (Lipinski definition) is 1. The lowest BCUT2D eigenvalue weighted by molar-refractivity contribution is 0.367. The Morgan fingerprint density at radius 1 is 1.73 bits per heavy atom. The monoisotopic (exact) mass is 149 g/mol. The van der Waals surface area contributed by atoms with Crippen molar-refractivity contribution in [3.05, 3.63) is 24.0 Å². The maximum Gasteiger partial charge on any atom is 0.0866 e. The van der Waals surface area contributed by atoms with Crippen LogP contribution in [0.4, 0.5) is 0 Å². The minimum atomic E-state index is 0.477. The van der Waals surface area contributed by atoms with E-state index in [1.807, 2.05) is 30.4 Å². The maximum absolute atomic E-state index is 8.37. The van der Waals surface area contributed by atoms with E-state index in [1.54, 1.807) is 0 Å². The molecule has 0 atom stereocenters. The van der Waals surface area contributed by atoms with Gasteiger partial charge in [-0.25, -0.2) is 0 Å². The molecule has 0 bridgehead atoms. The van der Waals surface area contributed by atoms with Gasteiger partial charge in [0.05, 0.1) is 12.6 Å². The van der Waals surface area contributed by atoms with Gasteiger partial charge in [0.15, 0.2) is 0 Å². The molecular weight excluding hydrogens is 138 g/mol. The van der Waals surface area contributed by atoms with Crippen LogP contribution in [0.5, 0.6) is 0 Å². The van der Waals surface area contributed by atoms with E-state index < -0.39 is 0 Å². The van der Waals surface area contributed by atoms with Gasteiger partial charge in [-0.15, -0.1) is 0 Å². The number of hydrogen-bond acceptors (Lipinski definition) is 2. The van der Waals surface area contributed by atoms with Crippen molar-refractivity contribution in [1.82, 2.24) is 9.88 Å². The zero-order chi connectivity index (χ0) is 8.10. The fourth-order valence-electron chi connectivity index (χ4n) is 0.945. The molecule has 3 heteroatoms. The Hall–Kier alpha value is -1.27. The van der Waals surface area contributed by atoms with E-state index in [0.29, 0.717) is 6.54 Å². The lowest BCUT2D eigenvalue weighted by Crippen LogP contribution is -2.17. The lowest BCUT2D eigenvalue weighted by atomic mass is 10.3. The number of H-pyrrole nitrogens is 1. The van der Waals surface area contributed by atoms with Gasteiger partial charge in [0.2, 0.25) is 0 Å². The summed E-state index contributed by atoms with van der Waals surface area (Å²) >= 11 is 0. The molecule has 1 N–H and O–H groups in total. The van der Waals surface area contributed by atoms with Crippen LogP contribution >= 0.6 is 0 Å². The molecule has 1 heterocycles. The number of nitrogens with zero attached hydrogens (tertiary/aromatic N) is 2. The van der Waals surface area contributed by atoms with Crippen LogP contribution in [0.25, 0.3) is 0 Å². The second-order valence-electron chi connectivity index (χ2n) is 2.55. The first-order valence-electron chi connectivity index (χ1n) is 3.50. The molecule has 0 saturated heterocycles. The smallest absolute Gasteiger partial charge is 0.0866 e. The molecule has 3 nitrogen and oxygen atoms in total. The van der Waals surface area contributed by atoms with Gasteiger partial charge in [-0.3, -0.25) is 4.90 Å². The fraction of sp³-hybridized carbons (Fsp3) is 0.375. The average Bonchev–Trinajstić information content (AvgIpc) is 2.40. The van der Waals surface area contributed by atoms with E-state index in [-0.39, 0.29) is 0 Å². The quantitative estimate of drug-likeness (QED) is 0.651. The highest BCUT2D eigenvalue weighted by atomic mass is 15.1. The molecule has 0 saturated carbocycles. The topological polar surface area (TPSA) is 42.8 Å². The summed E-state index contributed by atoms with van der Waals surface area (Å²) in [5.41, 5.74) is 1.21. The zero-order valence-corrected chi connectivity index (χ0v) is 6.54. The van der Waals surface area contributed by atoms with E-state index in [9.17, 15) is 0 Å². The van der Waals surface area contributed by atoms with Crippen molar-refractivity contribution in [2.45, 2.75) is 6.54 Å². The predicted octanol–water partition coefficient (Wildman–Crippen LogP) is 0.970. The molecule has 58 valence electrons. The summed E-state index contributed by atoms with van der Waals surface area (Å²) in [6.07, 6.45) is 3.82. The molecule has 0 aliphatic rings. The summed E-state index contributed by atoms with van der Waals surface area (Å²) in [6.45, 7) is 1.31. The second-order valence-corrected chi connectivity index (χ2v) is 2.55. The molecule has 1 aromatic heterocycles. The van der Waals surface area contributed by atoms with Crippen molar-refractivity contribution in [3.8, 4) is 6.07 Å². The van der Waals surface area contributed by atoms with Gasteiger partial charge in [0.25, 0.3) is 0 Å². The SMILES string of the molecule is CN(CC#N)Cc1cc[nH]c1. The molecule has 0 amide bonds. The van der Waals surface area contributed by atoms with Crippen LogP contribution in [0.2, 0.25) is 0 Å². The molecular formula is C8H11N3. The third kappa shape index (κ3) is 2.44. The Morgan fingerprint density at radius 3 is 3.09 bits per heavy atom. The minimum Gasteiger partial charge on any atom is -0.367 e. The van der Waals surface area contributed by atoms with Crippen molar-refractivity contribution in [1.29, 1.82) is 5.26 Å². The minimum absolute atomic E-state index is 0.477. The Morgan fingerprint density at radius 2 is 2.55 bits per heavy atom. The van der Waals surface area contributed by atoms with E-state index in [2.05, 4.69) is 11.1 Å². The molecule has 0 fully saturated rings. The van der Waals surface area contributed by atoms with Gasteiger partial charge in [-0.05, 0) is 18.7 Å². The van der Waals surface area contributed by atoms with Crippen molar-refractivity contribution in [2.24, 2.45) is 0 Å². The summed E-state index contributed by atoms with van der Waals surface area (Å²) < 4.78 is 0. The van der Waals surface area contributed by atoms with Gasteiger partial charge in [0, 0.05) is 18.9 Å². The molecule has 0 radical (unpaired) electrons. The number of aromatic nitrogens is 1. The summed E-state index contributed by atoms with van der Waals surface area (Å²) in [5.74, 6) is 0. The summed E-state index contributed by atoms with van der Waals surface area (Å²) in [7, 11) is 1.93. The molecule has 1 aromatic rings. The van der Waals surface area contributed by atoms with E-state index in [1.165, 1.54) is 5.56 Å². The van der Waals surface area contributed by atoms with Crippen LogP contribution in [0.15, 0.2) is 18.5 Å². The largest absolute Gasteiger partial charge is 0.367 e. The summed E-state index contributed by atoms with van der Waals surface area (Å²) in [4.78, 5) is 4.93. The standard InChI is InChI=1S/C8H11N3/c1-11(5-3-9)7-8-2-4-10-6-8/h2,4,6,10H,5,7H2,1H3.